The molecule has 0 aromatic heterocycles. The Kier molecular flexibility index (Phi) is 24.4. The fourth-order valence-electron chi connectivity index (χ4n) is 2.35. The van der Waals surface area contributed by atoms with E-state index < -0.39 is 5.97 Å². The second kappa shape index (κ2) is 23.1. The van der Waals surface area contributed by atoms with Crippen molar-refractivity contribution in [3.8, 4) is 0 Å². The van der Waals surface area contributed by atoms with E-state index in [0.717, 1.165) is 12.8 Å². The molecule has 0 amide bonds. The highest BCUT2D eigenvalue weighted by atomic mass is 16.4. The van der Waals surface area contributed by atoms with Crippen LogP contribution in [0.2, 0.25) is 0 Å². The first-order valence-electron chi connectivity index (χ1n) is 10.3. The van der Waals surface area contributed by atoms with Crippen molar-refractivity contribution in [2.45, 2.75) is 110 Å². The molecule has 4 heteroatoms. The van der Waals surface area contributed by atoms with Crippen molar-refractivity contribution in [1.29, 1.82) is 0 Å². The summed E-state index contributed by atoms with van der Waals surface area (Å²) in [4.78, 5) is 10.3. The van der Waals surface area contributed by atoms with E-state index in [1.54, 1.807) is 6.92 Å². The number of aliphatic hydroxyl groups excluding tert-OH is 1. The Bertz CT molecular complexity index is 291. The molecule has 0 heterocycles. The summed E-state index contributed by atoms with van der Waals surface area (Å²) in [5.41, 5.74) is 4.92. The van der Waals surface area contributed by atoms with E-state index in [1.165, 1.54) is 70.6 Å². The van der Waals surface area contributed by atoms with Crippen LogP contribution < -0.4 is 5.73 Å². The molecular weight excluding hydrogens is 314 g/mol. The third-order valence-corrected chi connectivity index (χ3v) is 3.99. The van der Waals surface area contributed by atoms with E-state index in [4.69, 9.17) is 15.9 Å². The first kappa shape index (κ1) is 26.4. The van der Waals surface area contributed by atoms with Gasteiger partial charge >= 0.3 is 5.97 Å². The normalized spacial score (nSPS) is 12.0. The molecule has 0 rings (SSSR count). The largest absolute Gasteiger partial charge is 0.481 e. The van der Waals surface area contributed by atoms with Gasteiger partial charge in [0.1, 0.15) is 0 Å². The zero-order valence-corrected chi connectivity index (χ0v) is 16.7. The van der Waals surface area contributed by atoms with Crippen LogP contribution in [0.3, 0.4) is 0 Å². The van der Waals surface area contributed by atoms with Crippen LogP contribution in [0.1, 0.15) is 104 Å². The van der Waals surface area contributed by atoms with Crippen molar-refractivity contribution in [2.75, 3.05) is 6.54 Å². The Balaban J connectivity index is 0. The molecule has 0 bridgehead atoms. The van der Waals surface area contributed by atoms with Crippen molar-refractivity contribution in [3.05, 3.63) is 12.2 Å². The van der Waals surface area contributed by atoms with Crippen LogP contribution >= 0.6 is 0 Å². The molecule has 0 aliphatic carbocycles. The van der Waals surface area contributed by atoms with Gasteiger partial charge in [0.2, 0.25) is 0 Å². The smallest absolute Gasteiger partial charge is 0.303 e. The van der Waals surface area contributed by atoms with Crippen LogP contribution in [0.15, 0.2) is 12.2 Å². The van der Waals surface area contributed by atoms with E-state index in [-0.39, 0.29) is 6.10 Å². The minimum absolute atomic E-state index is 0.332. The van der Waals surface area contributed by atoms with E-state index >= 15 is 0 Å². The summed E-state index contributed by atoms with van der Waals surface area (Å²) in [7, 11) is 0. The molecule has 0 fully saturated rings. The zero-order valence-electron chi connectivity index (χ0n) is 16.7. The quantitative estimate of drug-likeness (QED) is 0.254. The molecule has 0 aromatic rings. The lowest BCUT2D eigenvalue weighted by atomic mass is 10.1. The third kappa shape index (κ3) is 31.4. The lowest BCUT2D eigenvalue weighted by Crippen LogP contribution is -2.14. The highest BCUT2D eigenvalue weighted by molar-refractivity contribution is 5.66. The molecular formula is C21H43NO3. The second-order valence-electron chi connectivity index (χ2n) is 6.81. The number of rotatable bonds is 16. The Hall–Kier alpha value is -0.870. The molecule has 1 atom stereocenters. The summed E-state index contributed by atoms with van der Waals surface area (Å²) in [5.74, 6) is -0.664. The monoisotopic (exact) mass is 357 g/mol. The first-order valence-corrected chi connectivity index (χ1v) is 10.3. The predicted octanol–water partition coefficient (Wildman–Crippen LogP) is 5.43. The molecule has 0 radical (unpaired) electrons. The number of hydrogen-bond donors (Lipinski definition) is 3. The van der Waals surface area contributed by atoms with Gasteiger partial charge in [-0.25, -0.2) is 0 Å². The molecule has 0 saturated carbocycles. The number of carboxylic acid groups (broad SMARTS) is 1. The average Bonchev–Trinajstić information content (AvgIpc) is 2.58. The number of allylic oxidation sites excluding steroid dienone is 2. The number of carboxylic acids is 1. The van der Waals surface area contributed by atoms with Crippen molar-refractivity contribution >= 4 is 5.97 Å². The van der Waals surface area contributed by atoms with Crippen LogP contribution in [0.4, 0.5) is 0 Å². The first-order chi connectivity index (χ1) is 12.0. The summed E-state index contributed by atoms with van der Waals surface area (Å²) in [6.07, 6.45) is 20.9. The minimum atomic E-state index is -0.664. The van der Waals surface area contributed by atoms with Crippen LogP contribution in [-0.4, -0.2) is 28.8 Å². The maximum Gasteiger partial charge on any atom is 0.303 e. The zero-order chi connectivity index (χ0) is 19.2. The number of aliphatic carboxylic acids is 1. The van der Waals surface area contributed by atoms with Crippen LogP contribution in [0.25, 0.3) is 0 Å². The van der Waals surface area contributed by atoms with Crippen molar-refractivity contribution in [3.63, 3.8) is 0 Å². The molecule has 4 nitrogen and oxygen atoms in total. The van der Waals surface area contributed by atoms with Crippen molar-refractivity contribution in [2.24, 2.45) is 5.73 Å². The summed E-state index contributed by atoms with van der Waals surface area (Å²) in [5, 5.41) is 16.7. The van der Waals surface area contributed by atoms with Gasteiger partial charge < -0.3 is 15.9 Å². The van der Waals surface area contributed by atoms with Gasteiger partial charge in [-0.15, -0.1) is 0 Å². The molecule has 0 aliphatic rings. The lowest BCUT2D eigenvalue weighted by Gasteiger charge is -1.99. The molecule has 25 heavy (non-hydrogen) atoms. The SMILES string of the molecule is CC(O)CN.CCCCCCCCC=CCCCCCCCC(=O)O. The molecule has 0 aromatic carbocycles. The van der Waals surface area contributed by atoms with Gasteiger partial charge in [-0.05, 0) is 39.0 Å². The standard InChI is InChI=1S/C18H34O2.C3H9NO/c1-2-3-4-5-6-7-8-9-10-11-12-13-14-15-16-17-18(19)20;1-3(5)2-4/h9-10H,2-8,11-17H2,1H3,(H,19,20);3,5H,2,4H2,1H3. The van der Waals surface area contributed by atoms with Gasteiger partial charge in [-0.3, -0.25) is 4.79 Å². The summed E-state index contributed by atoms with van der Waals surface area (Å²) in [6.45, 7) is 4.27. The van der Waals surface area contributed by atoms with Crippen LogP contribution in [0.5, 0.6) is 0 Å². The minimum Gasteiger partial charge on any atom is -0.481 e. The fourth-order valence-corrected chi connectivity index (χ4v) is 2.35. The molecule has 1 unspecified atom stereocenters. The van der Waals surface area contributed by atoms with E-state index in [9.17, 15) is 4.79 Å². The number of hydrogen-bond acceptors (Lipinski definition) is 3. The van der Waals surface area contributed by atoms with Gasteiger partial charge in [0.05, 0.1) is 6.10 Å². The number of unbranched alkanes of at least 4 members (excludes halogenated alkanes) is 11. The van der Waals surface area contributed by atoms with Crippen LogP contribution in [-0.2, 0) is 4.79 Å². The molecule has 4 N–H and O–H groups in total. The van der Waals surface area contributed by atoms with Gasteiger partial charge in [-0.2, -0.15) is 0 Å². The molecule has 0 saturated heterocycles. The van der Waals surface area contributed by atoms with Gasteiger partial charge in [0.15, 0.2) is 0 Å². The summed E-state index contributed by atoms with van der Waals surface area (Å²) in [6, 6.07) is 0. The van der Waals surface area contributed by atoms with E-state index in [0.29, 0.717) is 13.0 Å². The third-order valence-electron chi connectivity index (χ3n) is 3.99. The predicted molar refractivity (Wildman–Crippen MR) is 108 cm³/mol. The topological polar surface area (TPSA) is 83.5 Å². The summed E-state index contributed by atoms with van der Waals surface area (Å²) < 4.78 is 0. The van der Waals surface area contributed by atoms with Crippen molar-refractivity contribution in [1.82, 2.24) is 0 Å². The summed E-state index contributed by atoms with van der Waals surface area (Å²) >= 11 is 0. The maximum absolute atomic E-state index is 10.3. The molecule has 150 valence electrons. The number of nitrogens with two attached hydrogens (primary N) is 1. The maximum atomic E-state index is 10.3. The van der Waals surface area contributed by atoms with Crippen LogP contribution in [0, 0.1) is 0 Å². The molecule has 0 aliphatic heterocycles. The van der Waals surface area contributed by atoms with Gasteiger partial charge in [-0.1, -0.05) is 70.4 Å². The lowest BCUT2D eigenvalue weighted by molar-refractivity contribution is -0.137. The Morgan fingerprint density at radius 2 is 1.28 bits per heavy atom. The molecule has 0 spiro atoms. The average molecular weight is 358 g/mol. The van der Waals surface area contributed by atoms with Gasteiger partial charge in [0, 0.05) is 13.0 Å². The van der Waals surface area contributed by atoms with E-state index in [1.807, 2.05) is 0 Å². The van der Waals surface area contributed by atoms with Gasteiger partial charge in [0.25, 0.3) is 0 Å². The highest BCUT2D eigenvalue weighted by Crippen LogP contribution is 2.09. The Morgan fingerprint density at radius 3 is 1.68 bits per heavy atom. The Morgan fingerprint density at radius 1 is 0.880 bits per heavy atom. The number of aliphatic hydroxyl groups is 1. The highest BCUT2D eigenvalue weighted by Gasteiger charge is 1.95. The number of carbonyl (C=O) groups is 1. The Labute approximate surface area is 155 Å². The second-order valence-corrected chi connectivity index (χ2v) is 6.81. The fraction of sp³-hybridized carbons (Fsp3) is 0.857. The van der Waals surface area contributed by atoms with E-state index in [2.05, 4.69) is 19.1 Å². The van der Waals surface area contributed by atoms with Crippen molar-refractivity contribution < 1.29 is 15.0 Å².